The van der Waals surface area contributed by atoms with Crippen molar-refractivity contribution in [2.75, 3.05) is 6.54 Å². The number of aryl methyl sites for hydroxylation is 2. The molecule has 0 bridgehead atoms. The van der Waals surface area contributed by atoms with Gasteiger partial charge in [0.15, 0.2) is 0 Å². The van der Waals surface area contributed by atoms with Crippen LogP contribution in [-0.2, 0) is 11.2 Å². The first-order chi connectivity index (χ1) is 11.6. The summed E-state index contributed by atoms with van der Waals surface area (Å²) >= 11 is 0. The Labute approximate surface area is 139 Å². The Morgan fingerprint density at radius 1 is 1.38 bits per heavy atom. The first kappa shape index (κ1) is 14.9. The smallest absolute Gasteiger partial charge is 0.230 e. The molecule has 0 spiro atoms. The number of carbonyl (C=O) groups is 1. The summed E-state index contributed by atoms with van der Waals surface area (Å²) in [5.41, 5.74) is 3.96. The lowest BCUT2D eigenvalue weighted by molar-refractivity contribution is -0.131. The van der Waals surface area contributed by atoms with Crippen LogP contribution in [0, 0.1) is 13.8 Å². The molecular formula is C18H20N4O2. The van der Waals surface area contributed by atoms with Gasteiger partial charge in [-0.15, -0.1) is 0 Å². The Balaban J connectivity index is 1.58. The summed E-state index contributed by atoms with van der Waals surface area (Å²) in [5, 5.41) is 3.85. The van der Waals surface area contributed by atoms with Gasteiger partial charge in [-0.05, 0) is 44.4 Å². The van der Waals surface area contributed by atoms with Crippen LogP contribution in [0.3, 0.4) is 0 Å². The third kappa shape index (κ3) is 2.68. The zero-order valence-electron chi connectivity index (χ0n) is 13.9. The number of aromatic amines is 1. The van der Waals surface area contributed by atoms with Gasteiger partial charge in [-0.2, -0.15) is 0 Å². The standard InChI is InChI=1S/C18H20N4O2/c1-11-5-6-14-15(8-11)20-18(19-14)16-4-3-7-22(16)17(23)10-13-9-12(2)21-24-13/h5-6,8-9,16H,3-4,7,10H2,1-2H3,(H,19,20)/t16-/m0/s1. The van der Waals surface area contributed by atoms with Gasteiger partial charge in [0.1, 0.15) is 11.6 Å². The number of hydrogen-bond acceptors (Lipinski definition) is 4. The second-order valence-electron chi connectivity index (χ2n) is 6.50. The summed E-state index contributed by atoms with van der Waals surface area (Å²) < 4.78 is 5.18. The molecule has 1 aromatic carbocycles. The first-order valence-electron chi connectivity index (χ1n) is 8.28. The molecule has 3 aromatic rings. The van der Waals surface area contributed by atoms with Crippen LogP contribution in [0.15, 0.2) is 28.8 Å². The quantitative estimate of drug-likeness (QED) is 0.803. The van der Waals surface area contributed by atoms with Crippen molar-refractivity contribution < 1.29 is 9.32 Å². The summed E-state index contributed by atoms with van der Waals surface area (Å²) in [6.45, 7) is 4.67. The molecule has 1 amide bonds. The molecule has 0 unspecified atom stereocenters. The first-order valence-corrected chi connectivity index (χ1v) is 8.28. The largest absolute Gasteiger partial charge is 0.361 e. The highest BCUT2D eigenvalue weighted by Gasteiger charge is 2.32. The number of amides is 1. The lowest BCUT2D eigenvalue weighted by atomic mass is 10.2. The molecule has 124 valence electrons. The van der Waals surface area contributed by atoms with Gasteiger partial charge < -0.3 is 14.4 Å². The number of aromatic nitrogens is 3. The Morgan fingerprint density at radius 3 is 3.04 bits per heavy atom. The van der Waals surface area contributed by atoms with Crippen molar-refractivity contribution in [2.24, 2.45) is 0 Å². The third-order valence-electron chi connectivity index (χ3n) is 4.55. The normalized spacial score (nSPS) is 17.8. The monoisotopic (exact) mass is 324 g/mol. The summed E-state index contributed by atoms with van der Waals surface area (Å²) in [4.78, 5) is 22.7. The predicted molar refractivity (Wildman–Crippen MR) is 89.5 cm³/mol. The van der Waals surface area contributed by atoms with Crippen LogP contribution >= 0.6 is 0 Å². The summed E-state index contributed by atoms with van der Waals surface area (Å²) in [5.74, 6) is 1.55. The van der Waals surface area contributed by atoms with Crippen LogP contribution in [0.4, 0.5) is 0 Å². The lowest BCUT2D eigenvalue weighted by Crippen LogP contribution is -2.32. The van der Waals surface area contributed by atoms with E-state index < -0.39 is 0 Å². The fraction of sp³-hybridized carbons (Fsp3) is 0.389. The average molecular weight is 324 g/mol. The summed E-state index contributed by atoms with van der Waals surface area (Å²) in [6, 6.07) is 7.98. The van der Waals surface area contributed by atoms with Crippen molar-refractivity contribution >= 4 is 16.9 Å². The maximum absolute atomic E-state index is 12.7. The van der Waals surface area contributed by atoms with E-state index in [2.05, 4.69) is 29.2 Å². The van der Waals surface area contributed by atoms with Gasteiger partial charge in [0.2, 0.25) is 5.91 Å². The molecule has 24 heavy (non-hydrogen) atoms. The van der Waals surface area contributed by atoms with Crippen molar-refractivity contribution in [3.63, 3.8) is 0 Å². The van der Waals surface area contributed by atoms with Gasteiger partial charge in [0, 0.05) is 12.6 Å². The number of benzene rings is 1. The molecule has 4 rings (SSSR count). The number of carbonyl (C=O) groups excluding carboxylic acids is 1. The highest BCUT2D eigenvalue weighted by Crippen LogP contribution is 2.32. The van der Waals surface area contributed by atoms with Gasteiger partial charge in [0.05, 0.1) is 29.2 Å². The molecule has 1 fully saturated rings. The number of nitrogens with zero attached hydrogens (tertiary/aromatic N) is 3. The lowest BCUT2D eigenvalue weighted by Gasteiger charge is -2.22. The SMILES string of the molecule is Cc1ccc2nc([C@@H]3CCCN3C(=O)Cc3cc(C)no3)[nH]c2c1. The maximum atomic E-state index is 12.7. The minimum atomic E-state index is 0.00854. The molecule has 1 aliphatic rings. The maximum Gasteiger partial charge on any atom is 0.230 e. The molecule has 0 radical (unpaired) electrons. The zero-order valence-corrected chi connectivity index (χ0v) is 13.9. The van der Waals surface area contributed by atoms with Crippen molar-refractivity contribution in [3.8, 4) is 0 Å². The molecule has 1 N–H and O–H groups in total. The van der Waals surface area contributed by atoms with Crippen LogP contribution in [0.25, 0.3) is 11.0 Å². The van der Waals surface area contributed by atoms with E-state index in [1.807, 2.05) is 24.0 Å². The third-order valence-corrected chi connectivity index (χ3v) is 4.55. The second-order valence-corrected chi connectivity index (χ2v) is 6.50. The van der Waals surface area contributed by atoms with Crippen molar-refractivity contribution in [1.29, 1.82) is 0 Å². The highest BCUT2D eigenvalue weighted by molar-refractivity contribution is 5.79. The molecule has 6 nitrogen and oxygen atoms in total. The zero-order chi connectivity index (χ0) is 16.7. The van der Waals surface area contributed by atoms with E-state index in [-0.39, 0.29) is 18.4 Å². The predicted octanol–water partition coefficient (Wildman–Crippen LogP) is 3.07. The number of H-pyrrole nitrogens is 1. The summed E-state index contributed by atoms with van der Waals surface area (Å²) in [6.07, 6.45) is 2.17. The Hall–Kier alpha value is -2.63. The van der Waals surface area contributed by atoms with Gasteiger partial charge in [0.25, 0.3) is 0 Å². The molecule has 3 heterocycles. The molecule has 1 atom stereocenters. The number of nitrogens with one attached hydrogen (secondary N) is 1. The summed E-state index contributed by atoms with van der Waals surface area (Å²) in [7, 11) is 0. The number of likely N-dealkylation sites (tertiary alicyclic amines) is 1. The van der Waals surface area contributed by atoms with Crippen LogP contribution in [0.5, 0.6) is 0 Å². The van der Waals surface area contributed by atoms with E-state index in [9.17, 15) is 4.79 Å². The minimum Gasteiger partial charge on any atom is -0.361 e. The fourth-order valence-corrected chi connectivity index (χ4v) is 3.40. The molecule has 1 saturated heterocycles. The Bertz CT molecular complexity index is 895. The molecular weight excluding hydrogens is 304 g/mol. The van der Waals surface area contributed by atoms with Crippen LogP contribution < -0.4 is 0 Å². The van der Waals surface area contributed by atoms with Gasteiger partial charge >= 0.3 is 0 Å². The van der Waals surface area contributed by atoms with E-state index in [0.717, 1.165) is 41.9 Å². The topological polar surface area (TPSA) is 75.0 Å². The van der Waals surface area contributed by atoms with Crippen molar-refractivity contribution in [2.45, 2.75) is 39.2 Å². The Kier molecular flexibility index (Phi) is 3.59. The molecule has 0 aliphatic carbocycles. The van der Waals surface area contributed by atoms with E-state index in [0.29, 0.717) is 5.76 Å². The van der Waals surface area contributed by atoms with Gasteiger partial charge in [-0.1, -0.05) is 11.2 Å². The van der Waals surface area contributed by atoms with E-state index in [4.69, 9.17) is 9.51 Å². The molecule has 2 aromatic heterocycles. The van der Waals surface area contributed by atoms with Crippen LogP contribution in [0.1, 0.15) is 41.7 Å². The second kappa shape index (κ2) is 5.78. The van der Waals surface area contributed by atoms with E-state index in [1.165, 1.54) is 5.56 Å². The van der Waals surface area contributed by atoms with Crippen molar-refractivity contribution in [3.05, 3.63) is 47.1 Å². The number of fused-ring (bicyclic) bond motifs is 1. The van der Waals surface area contributed by atoms with E-state index >= 15 is 0 Å². The molecule has 1 aliphatic heterocycles. The molecule has 6 heteroatoms. The average Bonchev–Trinajstić information content (AvgIpc) is 3.25. The number of imidazole rings is 1. The van der Waals surface area contributed by atoms with E-state index in [1.54, 1.807) is 0 Å². The number of rotatable bonds is 3. The Morgan fingerprint density at radius 2 is 2.25 bits per heavy atom. The number of hydrogen-bond donors (Lipinski definition) is 1. The fourth-order valence-electron chi connectivity index (χ4n) is 3.40. The van der Waals surface area contributed by atoms with Crippen LogP contribution in [-0.4, -0.2) is 32.5 Å². The van der Waals surface area contributed by atoms with Gasteiger partial charge in [-0.3, -0.25) is 4.79 Å². The molecule has 0 saturated carbocycles. The van der Waals surface area contributed by atoms with Gasteiger partial charge in [-0.25, -0.2) is 4.98 Å². The highest BCUT2D eigenvalue weighted by atomic mass is 16.5. The van der Waals surface area contributed by atoms with Crippen LogP contribution in [0.2, 0.25) is 0 Å². The minimum absolute atomic E-state index is 0.00854. The van der Waals surface area contributed by atoms with Crippen molar-refractivity contribution in [1.82, 2.24) is 20.0 Å².